The molecule has 36 heavy (non-hydrogen) atoms. The number of para-hydroxylation sites is 2. The van der Waals surface area contributed by atoms with Gasteiger partial charge in [0.1, 0.15) is 11.4 Å². The number of hydrogen-bond acceptors (Lipinski definition) is 3. The predicted molar refractivity (Wildman–Crippen MR) is 148 cm³/mol. The van der Waals surface area contributed by atoms with Gasteiger partial charge in [-0.3, -0.25) is 14.9 Å². The van der Waals surface area contributed by atoms with Gasteiger partial charge in [0.2, 0.25) is 0 Å². The molecular formula is C29H33N3O3Si. The maximum absolute atomic E-state index is 13.1. The van der Waals surface area contributed by atoms with Gasteiger partial charge >= 0.3 is 0 Å². The Hall–Kier alpha value is -3.42. The zero-order chi connectivity index (χ0) is 25.7. The van der Waals surface area contributed by atoms with Crippen LogP contribution in [-0.2, 0) is 20.4 Å². The third-order valence-electron chi connectivity index (χ3n) is 7.62. The van der Waals surface area contributed by atoms with E-state index in [0.29, 0.717) is 18.0 Å². The third kappa shape index (κ3) is 4.12. The Morgan fingerprint density at radius 1 is 0.861 bits per heavy atom. The summed E-state index contributed by atoms with van der Waals surface area (Å²) < 4.78 is 10.1. The highest BCUT2D eigenvalue weighted by molar-refractivity contribution is 6.74. The fraction of sp³-hybridized carbons (Fsp3) is 0.310. The van der Waals surface area contributed by atoms with Crippen LogP contribution in [0.15, 0.2) is 67.0 Å². The van der Waals surface area contributed by atoms with E-state index >= 15 is 0 Å². The zero-order valence-electron chi connectivity index (χ0n) is 21.6. The number of imide groups is 1. The van der Waals surface area contributed by atoms with E-state index < -0.39 is 14.2 Å². The van der Waals surface area contributed by atoms with E-state index in [1.165, 1.54) is 0 Å². The van der Waals surface area contributed by atoms with Crippen molar-refractivity contribution in [2.45, 2.75) is 51.7 Å². The zero-order valence-corrected chi connectivity index (χ0v) is 22.6. The van der Waals surface area contributed by atoms with Crippen LogP contribution in [0, 0.1) is 0 Å². The average Bonchev–Trinajstić information content (AvgIpc) is 3.49. The van der Waals surface area contributed by atoms with Crippen molar-refractivity contribution in [3.8, 4) is 0 Å². The van der Waals surface area contributed by atoms with E-state index in [1.54, 1.807) is 0 Å². The van der Waals surface area contributed by atoms with Crippen LogP contribution >= 0.6 is 0 Å². The molecule has 3 heterocycles. The monoisotopic (exact) mass is 499 g/mol. The molecule has 2 aromatic carbocycles. The third-order valence-corrected chi connectivity index (χ3v) is 12.2. The highest BCUT2D eigenvalue weighted by Crippen LogP contribution is 2.37. The molecule has 5 rings (SSSR count). The van der Waals surface area contributed by atoms with E-state index in [9.17, 15) is 9.59 Å². The van der Waals surface area contributed by atoms with Crippen molar-refractivity contribution in [3.05, 3.63) is 72.6 Å². The summed E-state index contributed by atoms with van der Waals surface area (Å²) in [5.74, 6) is -0.778. The summed E-state index contributed by atoms with van der Waals surface area (Å²) in [5.41, 5.74) is 3.62. The second-order valence-corrected chi connectivity index (χ2v) is 15.8. The lowest BCUT2D eigenvalue weighted by molar-refractivity contribution is -0.123. The van der Waals surface area contributed by atoms with Crippen molar-refractivity contribution in [3.63, 3.8) is 0 Å². The largest absolute Gasteiger partial charge is 0.417 e. The van der Waals surface area contributed by atoms with Gasteiger partial charge in [-0.05, 0) is 60.1 Å². The van der Waals surface area contributed by atoms with E-state index in [4.69, 9.17) is 4.43 Å². The minimum absolute atomic E-state index is 0.177. The number of rotatable bonds is 7. The smallest absolute Gasteiger partial charge is 0.277 e. The van der Waals surface area contributed by atoms with Crippen LogP contribution in [0.25, 0.3) is 33.2 Å². The van der Waals surface area contributed by atoms with Crippen molar-refractivity contribution >= 4 is 53.3 Å². The van der Waals surface area contributed by atoms with Gasteiger partial charge in [-0.15, -0.1) is 0 Å². The van der Waals surface area contributed by atoms with Gasteiger partial charge in [0.15, 0.2) is 8.32 Å². The summed E-state index contributed by atoms with van der Waals surface area (Å²) >= 11 is 0. The molecule has 1 N–H and O–H groups in total. The molecule has 186 valence electrons. The predicted octanol–water partition coefficient (Wildman–Crippen LogP) is 6.03. The molecule has 1 aliphatic heterocycles. The fourth-order valence-electron chi connectivity index (χ4n) is 4.60. The highest BCUT2D eigenvalue weighted by Gasteiger charge is 2.37. The van der Waals surface area contributed by atoms with Gasteiger partial charge in [0, 0.05) is 24.4 Å². The number of aromatic nitrogens is 2. The second-order valence-electron chi connectivity index (χ2n) is 11.0. The Balaban J connectivity index is 1.53. The molecule has 6 nitrogen and oxygen atoms in total. The van der Waals surface area contributed by atoms with Gasteiger partial charge < -0.3 is 13.6 Å². The van der Waals surface area contributed by atoms with Gasteiger partial charge in [-0.1, -0.05) is 57.2 Å². The van der Waals surface area contributed by atoms with Crippen LogP contribution in [0.2, 0.25) is 18.1 Å². The fourth-order valence-corrected chi connectivity index (χ4v) is 5.69. The van der Waals surface area contributed by atoms with Gasteiger partial charge in [-0.25, -0.2) is 0 Å². The molecule has 0 saturated heterocycles. The highest BCUT2D eigenvalue weighted by atomic mass is 28.4. The summed E-state index contributed by atoms with van der Waals surface area (Å²) in [6.45, 7) is 12.0. The molecule has 2 aromatic heterocycles. The van der Waals surface area contributed by atoms with Crippen molar-refractivity contribution in [1.29, 1.82) is 0 Å². The number of aryl methyl sites for hydroxylation is 1. The van der Waals surface area contributed by atoms with Crippen molar-refractivity contribution in [1.82, 2.24) is 14.5 Å². The van der Waals surface area contributed by atoms with E-state index in [-0.39, 0.29) is 10.9 Å². The lowest BCUT2D eigenvalue weighted by Crippen LogP contribution is -2.41. The molecule has 1 aliphatic rings. The molecule has 0 bridgehead atoms. The normalized spacial score (nSPS) is 14.9. The number of benzene rings is 2. The number of carbonyl (C=O) groups excluding carboxylic acids is 2. The molecule has 0 fully saturated rings. The van der Waals surface area contributed by atoms with Crippen molar-refractivity contribution in [2.24, 2.45) is 0 Å². The first-order chi connectivity index (χ1) is 17.1. The second kappa shape index (κ2) is 8.91. The number of amides is 2. The summed E-state index contributed by atoms with van der Waals surface area (Å²) in [5, 5.41) is 4.79. The van der Waals surface area contributed by atoms with Gasteiger partial charge in [-0.2, -0.15) is 0 Å². The number of nitrogens with zero attached hydrogens (tertiary/aromatic N) is 2. The maximum atomic E-state index is 13.1. The molecule has 2 amide bonds. The van der Waals surface area contributed by atoms with E-state index in [2.05, 4.69) is 45.2 Å². The summed E-state index contributed by atoms with van der Waals surface area (Å²) in [4.78, 5) is 26.1. The molecule has 0 saturated carbocycles. The van der Waals surface area contributed by atoms with Gasteiger partial charge in [0.25, 0.3) is 11.8 Å². The Kier molecular flexibility index (Phi) is 6.01. The first kappa shape index (κ1) is 24.3. The lowest BCUT2D eigenvalue weighted by atomic mass is 10.1. The van der Waals surface area contributed by atoms with Crippen LogP contribution in [0.1, 0.15) is 32.8 Å². The number of nitrogens with one attached hydrogen (secondary N) is 1. The summed E-state index contributed by atoms with van der Waals surface area (Å²) in [6.07, 6.45) is 5.58. The van der Waals surface area contributed by atoms with E-state index in [0.717, 1.165) is 40.2 Å². The summed E-state index contributed by atoms with van der Waals surface area (Å²) in [7, 11) is -1.80. The van der Waals surface area contributed by atoms with Crippen molar-refractivity contribution in [2.75, 3.05) is 6.61 Å². The van der Waals surface area contributed by atoms with Crippen LogP contribution in [0.5, 0.6) is 0 Å². The van der Waals surface area contributed by atoms with Crippen LogP contribution in [0.4, 0.5) is 0 Å². The average molecular weight is 500 g/mol. The number of hydrogen-bond donors (Lipinski definition) is 1. The van der Waals surface area contributed by atoms with Gasteiger partial charge in [0.05, 0.1) is 11.0 Å². The Bertz CT molecular complexity index is 1520. The Morgan fingerprint density at radius 2 is 1.50 bits per heavy atom. The topological polar surface area (TPSA) is 65.3 Å². The molecule has 4 aromatic rings. The SMILES string of the molecule is CC(C)(C)[Si](C)(C)OCCCc1cn(C2=C(n3ccc4ccccc43)C(=O)NC2=O)c2ccccc12. The van der Waals surface area contributed by atoms with Crippen LogP contribution in [-0.4, -0.2) is 35.9 Å². The quantitative estimate of drug-likeness (QED) is 0.192. The Morgan fingerprint density at radius 3 is 2.22 bits per heavy atom. The molecule has 0 unspecified atom stereocenters. The van der Waals surface area contributed by atoms with Crippen LogP contribution < -0.4 is 5.32 Å². The van der Waals surface area contributed by atoms with Crippen molar-refractivity contribution < 1.29 is 14.0 Å². The lowest BCUT2D eigenvalue weighted by Gasteiger charge is -2.36. The maximum Gasteiger partial charge on any atom is 0.277 e. The molecular weight excluding hydrogens is 466 g/mol. The molecule has 7 heteroatoms. The Labute approximate surface area is 212 Å². The first-order valence-electron chi connectivity index (χ1n) is 12.5. The molecule has 0 atom stereocenters. The van der Waals surface area contributed by atoms with E-state index in [1.807, 2.05) is 70.1 Å². The number of carbonyl (C=O) groups is 2. The minimum atomic E-state index is -1.80. The summed E-state index contributed by atoms with van der Waals surface area (Å²) in [6, 6.07) is 17.9. The van der Waals surface area contributed by atoms with Crippen LogP contribution in [0.3, 0.4) is 0 Å². The molecule has 0 spiro atoms. The first-order valence-corrected chi connectivity index (χ1v) is 15.4. The molecule has 0 aliphatic carbocycles. The number of fused-ring (bicyclic) bond motifs is 2. The minimum Gasteiger partial charge on any atom is -0.417 e. The standard InChI is InChI=1S/C29H33N3O3Si/c1-29(2,3)36(4,5)35-18-10-12-21-19-32(24-15-9-7-13-22(21)24)26-25(27(33)30-28(26)34)31-17-16-20-11-6-8-14-23(20)31/h6-9,11,13-17,19H,10,12,18H2,1-5H3,(H,30,33,34). The molecule has 0 radical (unpaired) electrons.